The van der Waals surface area contributed by atoms with E-state index in [-0.39, 0.29) is 24.2 Å². The van der Waals surface area contributed by atoms with Crippen molar-refractivity contribution in [2.75, 3.05) is 13.1 Å². The minimum absolute atomic E-state index is 0.0484. The average molecular weight is 281 g/mol. The Kier molecular flexibility index (Phi) is 5.13. The van der Waals surface area contributed by atoms with Gasteiger partial charge in [-0.1, -0.05) is 0 Å². The van der Waals surface area contributed by atoms with Crippen LogP contribution in [0.4, 0.5) is 5.69 Å². The third-order valence-corrected chi connectivity index (χ3v) is 2.78. The first-order chi connectivity index (χ1) is 9.36. The van der Waals surface area contributed by atoms with E-state index in [0.29, 0.717) is 12.2 Å². The number of carboxylic acids is 1. The molecular weight excluding hydrogens is 266 g/mol. The monoisotopic (exact) mass is 281 g/mol. The highest BCUT2D eigenvalue weighted by atomic mass is 16.6. The van der Waals surface area contributed by atoms with Crippen LogP contribution < -0.4 is 0 Å². The highest BCUT2D eigenvalue weighted by molar-refractivity contribution is 5.96. The van der Waals surface area contributed by atoms with Crippen LogP contribution in [0.3, 0.4) is 0 Å². The Hall–Kier alpha value is -2.51. The molecule has 1 N–H and O–H groups in total. The second-order valence-corrected chi connectivity index (χ2v) is 4.11. The molecule has 1 amide bonds. The lowest BCUT2D eigenvalue weighted by molar-refractivity contribution is -0.385. The van der Waals surface area contributed by atoms with Crippen LogP contribution in [0, 0.1) is 17.0 Å². The fraction of sp³-hybridized carbons (Fsp3) is 0.417. The molecular formula is C12H15N3O5. The molecule has 0 spiro atoms. The van der Waals surface area contributed by atoms with Gasteiger partial charge in [0.2, 0.25) is 0 Å². The van der Waals surface area contributed by atoms with Crippen molar-refractivity contribution in [2.24, 2.45) is 0 Å². The summed E-state index contributed by atoms with van der Waals surface area (Å²) in [5.41, 5.74) is 0.217. The Morgan fingerprint density at radius 3 is 2.65 bits per heavy atom. The van der Waals surface area contributed by atoms with E-state index in [4.69, 9.17) is 5.11 Å². The molecule has 1 aromatic rings. The van der Waals surface area contributed by atoms with E-state index in [2.05, 4.69) is 4.98 Å². The third-order valence-electron chi connectivity index (χ3n) is 2.78. The fourth-order valence-electron chi connectivity index (χ4n) is 1.64. The predicted molar refractivity (Wildman–Crippen MR) is 69.5 cm³/mol. The van der Waals surface area contributed by atoms with Gasteiger partial charge in [0.1, 0.15) is 6.20 Å². The number of hydrogen-bond acceptors (Lipinski definition) is 5. The van der Waals surface area contributed by atoms with Crippen molar-refractivity contribution in [3.8, 4) is 0 Å². The summed E-state index contributed by atoms with van der Waals surface area (Å²) < 4.78 is 0. The molecule has 0 bridgehead atoms. The molecule has 0 unspecified atom stereocenters. The van der Waals surface area contributed by atoms with Gasteiger partial charge in [-0.15, -0.1) is 0 Å². The van der Waals surface area contributed by atoms with E-state index in [1.54, 1.807) is 13.8 Å². The van der Waals surface area contributed by atoms with E-state index in [1.807, 2.05) is 0 Å². The zero-order chi connectivity index (χ0) is 15.3. The van der Waals surface area contributed by atoms with Crippen LogP contribution in [0.15, 0.2) is 12.3 Å². The predicted octanol–water partition coefficient (Wildman–Crippen LogP) is 1.24. The van der Waals surface area contributed by atoms with Crippen LogP contribution in [0.2, 0.25) is 0 Å². The maximum atomic E-state index is 12.3. The summed E-state index contributed by atoms with van der Waals surface area (Å²) >= 11 is 0. The average Bonchev–Trinajstić information content (AvgIpc) is 2.39. The van der Waals surface area contributed by atoms with Gasteiger partial charge < -0.3 is 10.0 Å². The lowest BCUT2D eigenvalue weighted by atomic mass is 10.1. The van der Waals surface area contributed by atoms with E-state index >= 15 is 0 Å². The van der Waals surface area contributed by atoms with Gasteiger partial charge >= 0.3 is 5.97 Å². The first-order valence-electron chi connectivity index (χ1n) is 5.99. The van der Waals surface area contributed by atoms with Crippen molar-refractivity contribution >= 4 is 17.6 Å². The van der Waals surface area contributed by atoms with Crippen LogP contribution in [0.5, 0.6) is 0 Å². The number of nitrogens with zero attached hydrogens (tertiary/aromatic N) is 3. The highest BCUT2D eigenvalue weighted by Gasteiger charge is 2.20. The minimum atomic E-state index is -1.01. The van der Waals surface area contributed by atoms with Crippen LogP contribution in [0.25, 0.3) is 0 Å². The number of nitro groups is 1. The standard InChI is InChI=1S/C12H15N3O5/c1-3-14(5-4-11(16)17)12(18)10-6-9(15(19)20)7-13-8(10)2/h6-7H,3-5H2,1-2H3,(H,16,17). The molecule has 0 aliphatic carbocycles. The molecule has 1 heterocycles. The summed E-state index contributed by atoms with van der Waals surface area (Å²) in [7, 11) is 0. The maximum absolute atomic E-state index is 12.3. The van der Waals surface area contributed by atoms with E-state index < -0.39 is 16.8 Å². The molecule has 0 saturated heterocycles. The van der Waals surface area contributed by atoms with Gasteiger partial charge in [0.25, 0.3) is 11.6 Å². The molecule has 1 rings (SSSR count). The topological polar surface area (TPSA) is 114 Å². The number of pyridine rings is 1. The lowest BCUT2D eigenvalue weighted by Crippen LogP contribution is -2.33. The molecule has 0 fully saturated rings. The summed E-state index contributed by atoms with van der Waals surface area (Å²) in [5.74, 6) is -1.47. The lowest BCUT2D eigenvalue weighted by Gasteiger charge is -2.20. The number of amides is 1. The molecule has 0 aromatic carbocycles. The van der Waals surface area contributed by atoms with Crippen LogP contribution in [-0.4, -0.2) is 44.9 Å². The number of carbonyl (C=O) groups is 2. The Bertz CT molecular complexity index is 544. The summed E-state index contributed by atoms with van der Waals surface area (Å²) in [6, 6.07) is 1.16. The van der Waals surface area contributed by atoms with Gasteiger partial charge in [-0.25, -0.2) is 0 Å². The Morgan fingerprint density at radius 2 is 2.15 bits per heavy atom. The maximum Gasteiger partial charge on any atom is 0.305 e. The molecule has 0 atom stereocenters. The number of aromatic nitrogens is 1. The van der Waals surface area contributed by atoms with E-state index in [1.165, 1.54) is 4.90 Å². The SMILES string of the molecule is CCN(CCC(=O)O)C(=O)c1cc([N+](=O)[O-])cnc1C. The molecule has 8 nitrogen and oxygen atoms in total. The molecule has 8 heteroatoms. The normalized spacial score (nSPS) is 10.1. The fourth-order valence-corrected chi connectivity index (χ4v) is 1.64. The molecule has 0 aliphatic heterocycles. The van der Waals surface area contributed by atoms with Crippen molar-refractivity contribution in [1.29, 1.82) is 0 Å². The quantitative estimate of drug-likeness (QED) is 0.619. The van der Waals surface area contributed by atoms with Crippen molar-refractivity contribution < 1.29 is 19.6 Å². The van der Waals surface area contributed by atoms with E-state index in [0.717, 1.165) is 12.3 Å². The molecule has 0 aliphatic rings. The van der Waals surface area contributed by atoms with Gasteiger partial charge in [-0.05, 0) is 13.8 Å². The van der Waals surface area contributed by atoms with Gasteiger partial charge in [-0.2, -0.15) is 0 Å². The van der Waals surface area contributed by atoms with Crippen LogP contribution in [0.1, 0.15) is 29.4 Å². The summed E-state index contributed by atoms with van der Waals surface area (Å²) in [6.07, 6.45) is 0.903. The molecule has 20 heavy (non-hydrogen) atoms. The van der Waals surface area contributed by atoms with Gasteiger partial charge in [0.15, 0.2) is 0 Å². The minimum Gasteiger partial charge on any atom is -0.481 e. The summed E-state index contributed by atoms with van der Waals surface area (Å²) in [4.78, 5) is 38.0. The number of carboxylic acid groups (broad SMARTS) is 1. The Balaban J connectivity index is 3.02. The summed E-state index contributed by atoms with van der Waals surface area (Å²) in [5, 5.41) is 19.3. The number of aliphatic carboxylic acids is 1. The van der Waals surface area contributed by atoms with Gasteiger partial charge in [-0.3, -0.25) is 24.7 Å². The van der Waals surface area contributed by atoms with Crippen molar-refractivity contribution in [3.05, 3.63) is 33.6 Å². The number of aryl methyl sites for hydroxylation is 1. The van der Waals surface area contributed by atoms with Crippen LogP contribution >= 0.6 is 0 Å². The molecule has 1 aromatic heterocycles. The zero-order valence-electron chi connectivity index (χ0n) is 11.2. The first kappa shape index (κ1) is 15.5. The smallest absolute Gasteiger partial charge is 0.305 e. The van der Waals surface area contributed by atoms with Crippen LogP contribution in [-0.2, 0) is 4.79 Å². The van der Waals surface area contributed by atoms with Gasteiger partial charge in [0, 0.05) is 19.2 Å². The second kappa shape index (κ2) is 6.60. The van der Waals surface area contributed by atoms with Crippen molar-refractivity contribution in [2.45, 2.75) is 20.3 Å². The number of carbonyl (C=O) groups excluding carboxylic acids is 1. The Morgan fingerprint density at radius 1 is 1.50 bits per heavy atom. The number of rotatable bonds is 6. The number of hydrogen-bond donors (Lipinski definition) is 1. The van der Waals surface area contributed by atoms with E-state index in [9.17, 15) is 19.7 Å². The first-order valence-corrected chi connectivity index (χ1v) is 5.99. The summed E-state index contributed by atoms with van der Waals surface area (Å²) in [6.45, 7) is 3.64. The molecule has 0 saturated carbocycles. The van der Waals surface area contributed by atoms with Gasteiger partial charge in [0.05, 0.1) is 22.6 Å². The second-order valence-electron chi connectivity index (χ2n) is 4.11. The Labute approximate surface area is 115 Å². The molecule has 0 radical (unpaired) electrons. The zero-order valence-corrected chi connectivity index (χ0v) is 11.2. The molecule has 108 valence electrons. The van der Waals surface area contributed by atoms with Crippen molar-refractivity contribution in [1.82, 2.24) is 9.88 Å². The third kappa shape index (κ3) is 3.74. The highest BCUT2D eigenvalue weighted by Crippen LogP contribution is 2.16. The van der Waals surface area contributed by atoms with Crippen molar-refractivity contribution in [3.63, 3.8) is 0 Å². The largest absolute Gasteiger partial charge is 0.481 e.